The Kier molecular flexibility index (Phi) is 5.56. The fraction of sp³-hybridized carbons (Fsp3) is 0.238. The standard InChI is InChI=1S/C21H20N4O4S/c1-14-4-2-3-5-16(14)23-8-10-24(11-9-23)21-22-20(27)19(30-21)13-15-6-7-18(26)17(12-15)25(28)29/h2-7,12-13,26H,8-11H2,1H3/b19-13+. The summed E-state index contributed by atoms with van der Waals surface area (Å²) < 4.78 is 0. The second-order valence-corrected chi connectivity index (χ2v) is 8.21. The van der Waals surface area contributed by atoms with Gasteiger partial charge in [-0.1, -0.05) is 30.3 Å². The molecular weight excluding hydrogens is 404 g/mol. The van der Waals surface area contributed by atoms with Crippen molar-refractivity contribution in [2.45, 2.75) is 6.92 Å². The van der Waals surface area contributed by atoms with E-state index in [-0.39, 0.29) is 5.91 Å². The van der Waals surface area contributed by atoms with Crippen molar-refractivity contribution in [2.24, 2.45) is 4.99 Å². The molecule has 0 bridgehead atoms. The summed E-state index contributed by atoms with van der Waals surface area (Å²) in [4.78, 5) is 30.7. The normalized spacial score (nSPS) is 18.7. The molecule has 154 valence electrons. The molecule has 2 aliphatic rings. The monoisotopic (exact) mass is 424 g/mol. The minimum absolute atomic E-state index is 0.363. The average Bonchev–Trinajstić information content (AvgIpc) is 3.10. The highest BCUT2D eigenvalue weighted by atomic mass is 32.2. The Hall–Kier alpha value is -3.17. The van der Waals surface area contributed by atoms with E-state index >= 15 is 0 Å². The van der Waals surface area contributed by atoms with Crippen molar-refractivity contribution in [1.29, 1.82) is 0 Å². The molecule has 30 heavy (non-hydrogen) atoms. The third kappa shape index (κ3) is 4.07. The Labute approximate surface area is 177 Å². The Morgan fingerprint density at radius 2 is 1.93 bits per heavy atom. The maximum Gasteiger partial charge on any atom is 0.286 e. The molecule has 2 aromatic rings. The van der Waals surface area contributed by atoms with Crippen LogP contribution in [0.3, 0.4) is 0 Å². The van der Waals surface area contributed by atoms with Crippen molar-refractivity contribution in [3.05, 3.63) is 68.6 Å². The van der Waals surface area contributed by atoms with Crippen molar-refractivity contribution in [2.75, 3.05) is 26.2 Å². The maximum absolute atomic E-state index is 12.3. The Balaban J connectivity index is 1.44. The van der Waals surface area contributed by atoms with Crippen molar-refractivity contribution in [3.8, 4) is 5.75 Å². The summed E-state index contributed by atoms with van der Waals surface area (Å²) in [6.45, 7) is 5.51. The number of hydrogen-bond donors (Lipinski definition) is 1. The number of nitrogens with one attached hydrogen (secondary N) is 1. The topological polar surface area (TPSA) is 103 Å². The van der Waals surface area contributed by atoms with Gasteiger partial charge in [0.25, 0.3) is 11.6 Å². The summed E-state index contributed by atoms with van der Waals surface area (Å²) in [7, 11) is 0. The predicted octanol–water partition coefficient (Wildman–Crippen LogP) is 1.48. The highest BCUT2D eigenvalue weighted by Gasteiger charge is 2.30. The van der Waals surface area contributed by atoms with E-state index in [1.54, 1.807) is 6.08 Å². The van der Waals surface area contributed by atoms with E-state index in [9.17, 15) is 20.0 Å². The molecule has 8 nitrogen and oxygen atoms in total. The number of amides is 1. The van der Waals surface area contributed by atoms with Crippen LogP contribution >= 0.6 is 11.8 Å². The first kappa shape index (κ1) is 20.1. The number of para-hydroxylation sites is 1. The van der Waals surface area contributed by atoms with Crippen LogP contribution in [0.2, 0.25) is 0 Å². The number of thioether (sulfide) groups is 1. The Morgan fingerprint density at radius 3 is 2.63 bits per heavy atom. The molecule has 1 saturated heterocycles. The summed E-state index contributed by atoms with van der Waals surface area (Å²) in [5.41, 5.74) is 2.50. The molecule has 1 amide bonds. The molecule has 2 heterocycles. The number of nitrogens with zero attached hydrogens (tertiary/aromatic N) is 3. The van der Waals surface area contributed by atoms with E-state index in [1.165, 1.54) is 40.0 Å². The molecule has 0 aliphatic carbocycles. The zero-order chi connectivity index (χ0) is 21.3. The molecule has 9 heteroatoms. The summed E-state index contributed by atoms with van der Waals surface area (Å²) in [5.74, 6) is -1.02. The number of carbonyl (C=O) groups excluding carboxylic acids is 1. The van der Waals surface area contributed by atoms with Gasteiger partial charge in [0.05, 0.1) is 36.0 Å². The highest BCUT2D eigenvalue weighted by Crippen LogP contribution is 2.32. The number of benzene rings is 2. The average molecular weight is 424 g/mol. The number of piperazine rings is 1. The van der Waals surface area contributed by atoms with E-state index in [1.807, 2.05) is 6.07 Å². The van der Waals surface area contributed by atoms with Gasteiger partial charge in [-0.15, -0.1) is 0 Å². The lowest BCUT2D eigenvalue weighted by atomic mass is 10.1. The highest BCUT2D eigenvalue weighted by molar-refractivity contribution is 8.18. The number of carbonyl (C=O) groups is 1. The molecular formula is C21H20N4O4S. The molecule has 0 unspecified atom stereocenters. The minimum atomic E-state index is -0.716. The Bertz CT molecular complexity index is 1070. The third-order valence-electron chi connectivity index (χ3n) is 5.25. The van der Waals surface area contributed by atoms with Crippen LogP contribution in [0.5, 0.6) is 5.75 Å². The zero-order valence-electron chi connectivity index (χ0n) is 16.3. The summed E-state index contributed by atoms with van der Waals surface area (Å²) >= 11 is 1.27. The van der Waals surface area contributed by atoms with Crippen molar-refractivity contribution in [1.82, 2.24) is 4.90 Å². The number of quaternary nitrogens is 1. The lowest BCUT2D eigenvalue weighted by Gasteiger charge is -2.33. The number of nitro benzene ring substituents is 1. The van der Waals surface area contributed by atoms with E-state index in [0.29, 0.717) is 15.6 Å². The van der Waals surface area contributed by atoms with Crippen LogP contribution in [0.15, 0.2) is 52.4 Å². The van der Waals surface area contributed by atoms with Gasteiger partial charge >= 0.3 is 0 Å². The fourth-order valence-corrected chi connectivity index (χ4v) is 4.62. The fourth-order valence-electron chi connectivity index (χ4n) is 3.66. The van der Waals surface area contributed by atoms with Crippen LogP contribution in [0.25, 0.3) is 6.08 Å². The molecule has 1 N–H and O–H groups in total. The van der Waals surface area contributed by atoms with Crippen molar-refractivity contribution < 1.29 is 19.7 Å². The van der Waals surface area contributed by atoms with E-state index in [4.69, 9.17) is 0 Å². The quantitative estimate of drug-likeness (QED) is 0.455. The molecule has 0 atom stereocenters. The molecule has 2 aromatic carbocycles. The first-order valence-electron chi connectivity index (χ1n) is 9.56. The van der Waals surface area contributed by atoms with Crippen LogP contribution in [-0.2, 0) is 4.79 Å². The summed E-state index contributed by atoms with van der Waals surface area (Å²) in [5, 5.41) is 23.2. The molecule has 0 aromatic heterocycles. The second kappa shape index (κ2) is 8.29. The number of rotatable bonds is 3. The first-order valence-corrected chi connectivity index (χ1v) is 10.4. The lowest BCUT2D eigenvalue weighted by Crippen LogP contribution is -3.10. The van der Waals surface area contributed by atoms with E-state index < -0.39 is 16.4 Å². The Morgan fingerprint density at radius 1 is 1.20 bits per heavy atom. The van der Waals surface area contributed by atoms with Crippen LogP contribution in [0.1, 0.15) is 11.1 Å². The largest absolute Gasteiger partial charge is 0.868 e. The molecule has 0 radical (unpaired) electrons. The SMILES string of the molecule is Cc1ccccc1[NH+]1CCN(C2=NC(=O)/C(=C\c3ccc([O-])c([N+](=O)[O-])c3)S2)CC1. The maximum atomic E-state index is 12.3. The van der Waals surface area contributed by atoms with Crippen LogP contribution in [-0.4, -0.2) is 47.1 Å². The van der Waals surface area contributed by atoms with Gasteiger partial charge in [-0.25, -0.2) is 0 Å². The van der Waals surface area contributed by atoms with Crippen LogP contribution in [0.4, 0.5) is 11.4 Å². The number of hydrogen-bond acceptors (Lipinski definition) is 6. The van der Waals surface area contributed by atoms with Gasteiger partial charge in [-0.2, -0.15) is 4.99 Å². The van der Waals surface area contributed by atoms with Crippen LogP contribution < -0.4 is 10.0 Å². The molecule has 2 aliphatic heterocycles. The molecule has 0 spiro atoms. The van der Waals surface area contributed by atoms with Gasteiger partial charge in [0.15, 0.2) is 5.17 Å². The second-order valence-electron chi connectivity index (χ2n) is 7.20. The number of amidine groups is 1. The van der Waals surface area contributed by atoms with E-state index in [2.05, 4.69) is 35.0 Å². The van der Waals surface area contributed by atoms with Gasteiger partial charge in [0, 0.05) is 11.6 Å². The van der Waals surface area contributed by atoms with Gasteiger partial charge < -0.3 is 10.0 Å². The molecule has 1 fully saturated rings. The summed E-state index contributed by atoms with van der Waals surface area (Å²) in [6, 6.07) is 12.2. The number of aryl methyl sites for hydroxylation is 1. The summed E-state index contributed by atoms with van der Waals surface area (Å²) in [6.07, 6.45) is 1.55. The first-order chi connectivity index (χ1) is 14.4. The number of aliphatic imine (C=N–C) groups is 1. The van der Waals surface area contributed by atoms with Crippen molar-refractivity contribution >= 4 is 40.3 Å². The van der Waals surface area contributed by atoms with Crippen molar-refractivity contribution in [3.63, 3.8) is 0 Å². The smallest absolute Gasteiger partial charge is 0.286 e. The predicted molar refractivity (Wildman–Crippen MR) is 114 cm³/mol. The molecule has 4 rings (SSSR count). The number of nitro groups is 1. The zero-order valence-corrected chi connectivity index (χ0v) is 17.1. The van der Waals surface area contributed by atoms with Gasteiger partial charge in [-0.05, 0) is 42.1 Å². The molecule has 0 saturated carbocycles. The van der Waals surface area contributed by atoms with Gasteiger partial charge in [-0.3, -0.25) is 19.8 Å². The lowest BCUT2D eigenvalue weighted by molar-refractivity contribution is -0.837. The van der Waals surface area contributed by atoms with Gasteiger partial charge in [0.2, 0.25) is 0 Å². The van der Waals surface area contributed by atoms with E-state index in [0.717, 1.165) is 32.2 Å². The third-order valence-corrected chi connectivity index (χ3v) is 6.29. The minimum Gasteiger partial charge on any atom is -0.868 e. The van der Waals surface area contributed by atoms with Crippen LogP contribution in [0, 0.1) is 17.0 Å². The van der Waals surface area contributed by atoms with Gasteiger partial charge in [0.1, 0.15) is 5.69 Å².